The third kappa shape index (κ3) is 5.19. The van der Waals surface area contributed by atoms with Crippen molar-refractivity contribution in [2.75, 3.05) is 14.2 Å². The topological polar surface area (TPSA) is 78.9 Å². The summed E-state index contributed by atoms with van der Waals surface area (Å²) in [6.45, 7) is 2.25. The van der Waals surface area contributed by atoms with Crippen molar-refractivity contribution < 1.29 is 19.4 Å². The van der Waals surface area contributed by atoms with Crippen molar-refractivity contribution in [3.63, 3.8) is 0 Å². The fraction of sp³-hybridized carbons (Fsp3) is 0.417. The second-order valence-corrected chi connectivity index (χ2v) is 7.94. The minimum atomic E-state index is -0.859. The van der Waals surface area contributed by atoms with Crippen LogP contribution < -0.4 is 10.1 Å². The maximum absolute atomic E-state index is 11.7. The van der Waals surface area contributed by atoms with Crippen LogP contribution in [0, 0.1) is 0 Å². The van der Waals surface area contributed by atoms with E-state index in [0.29, 0.717) is 18.2 Å². The molecule has 1 amide bonds. The van der Waals surface area contributed by atoms with Crippen LogP contribution in [0.3, 0.4) is 0 Å². The Labute approximate surface area is 177 Å². The van der Waals surface area contributed by atoms with Crippen molar-refractivity contribution in [1.82, 2.24) is 10.2 Å². The lowest BCUT2D eigenvalue weighted by molar-refractivity contribution is 0.101. The third-order valence-electron chi connectivity index (χ3n) is 6.01. The number of rotatable bonds is 7. The van der Waals surface area contributed by atoms with Crippen LogP contribution in [0.15, 0.2) is 42.5 Å². The first-order valence-electron chi connectivity index (χ1n) is 10.4. The van der Waals surface area contributed by atoms with Crippen LogP contribution >= 0.6 is 0 Å². The van der Waals surface area contributed by atoms with Crippen molar-refractivity contribution in [1.29, 1.82) is 0 Å². The number of amides is 1. The summed E-state index contributed by atoms with van der Waals surface area (Å²) in [6, 6.07) is 14.2. The van der Waals surface area contributed by atoms with Gasteiger partial charge in [-0.2, -0.15) is 0 Å². The first kappa shape index (κ1) is 21.8. The lowest BCUT2D eigenvalue weighted by Gasteiger charge is -2.33. The molecule has 0 spiro atoms. The Morgan fingerprint density at radius 2 is 1.80 bits per heavy atom. The van der Waals surface area contributed by atoms with Gasteiger partial charge < -0.3 is 20.1 Å². The normalized spacial score (nSPS) is 18.6. The average Bonchev–Trinajstić information content (AvgIpc) is 2.77. The van der Waals surface area contributed by atoms with Gasteiger partial charge in [0.05, 0.1) is 7.11 Å². The van der Waals surface area contributed by atoms with E-state index in [1.54, 1.807) is 21.1 Å². The highest BCUT2D eigenvalue weighted by molar-refractivity contribution is 5.95. The number of carbonyl (C=O) groups is 2. The van der Waals surface area contributed by atoms with Gasteiger partial charge >= 0.3 is 6.09 Å². The molecule has 2 aromatic rings. The zero-order valence-corrected chi connectivity index (χ0v) is 17.9. The monoisotopic (exact) mass is 410 g/mol. The molecule has 6 nitrogen and oxygen atoms in total. The summed E-state index contributed by atoms with van der Waals surface area (Å²) in [5, 5.41) is 12.8. The molecule has 0 unspecified atom stereocenters. The summed E-state index contributed by atoms with van der Waals surface area (Å²) >= 11 is 0. The standard InChI is InChI=1S/C24H30N2O4/c1-16(27)17-5-4-6-18(13-17)19-7-12-23(30-3)20(14-19)15-25-21-8-10-22(11-9-21)26(2)24(28)29/h4-7,12-14,21-22,25H,8-11,15H2,1-3H3,(H,28,29). The molecule has 1 aliphatic rings. The molecule has 0 aromatic heterocycles. The molecule has 30 heavy (non-hydrogen) atoms. The summed E-state index contributed by atoms with van der Waals surface area (Å²) in [4.78, 5) is 24.3. The third-order valence-corrected chi connectivity index (χ3v) is 6.01. The number of benzene rings is 2. The predicted molar refractivity (Wildman–Crippen MR) is 117 cm³/mol. The van der Waals surface area contributed by atoms with Crippen molar-refractivity contribution >= 4 is 11.9 Å². The molecular formula is C24H30N2O4. The average molecular weight is 411 g/mol. The smallest absolute Gasteiger partial charge is 0.407 e. The number of nitrogens with zero attached hydrogens (tertiary/aromatic N) is 1. The second-order valence-electron chi connectivity index (χ2n) is 7.94. The summed E-state index contributed by atoms with van der Waals surface area (Å²) < 4.78 is 5.55. The van der Waals surface area contributed by atoms with Crippen LogP contribution in [0.1, 0.15) is 48.5 Å². The molecule has 0 atom stereocenters. The zero-order valence-electron chi connectivity index (χ0n) is 17.9. The lowest BCUT2D eigenvalue weighted by atomic mass is 9.90. The predicted octanol–water partition coefficient (Wildman–Crippen LogP) is 4.58. The molecular weight excluding hydrogens is 380 g/mol. The molecule has 0 saturated heterocycles. The van der Waals surface area contributed by atoms with Crippen LogP contribution in [0.2, 0.25) is 0 Å². The van der Waals surface area contributed by atoms with E-state index in [9.17, 15) is 9.59 Å². The fourth-order valence-electron chi connectivity index (χ4n) is 4.09. The van der Waals surface area contributed by atoms with Crippen LogP contribution in [0.25, 0.3) is 11.1 Å². The minimum Gasteiger partial charge on any atom is -0.496 e. The van der Waals surface area contributed by atoms with Gasteiger partial charge in [0.1, 0.15) is 5.75 Å². The van der Waals surface area contributed by atoms with E-state index < -0.39 is 6.09 Å². The van der Waals surface area contributed by atoms with Crippen molar-refractivity contribution in [3.8, 4) is 16.9 Å². The summed E-state index contributed by atoms with van der Waals surface area (Å²) in [5.41, 5.74) is 3.81. The Morgan fingerprint density at radius 3 is 2.43 bits per heavy atom. The molecule has 1 fully saturated rings. The number of Topliss-reactive ketones (excluding diaryl/α,β-unsaturated/α-hetero) is 1. The molecule has 1 saturated carbocycles. The van der Waals surface area contributed by atoms with Crippen LogP contribution in [0.5, 0.6) is 5.75 Å². The van der Waals surface area contributed by atoms with Gasteiger partial charge in [-0.25, -0.2) is 4.79 Å². The van der Waals surface area contributed by atoms with Crippen LogP contribution in [-0.2, 0) is 6.54 Å². The molecule has 0 radical (unpaired) electrons. The Balaban J connectivity index is 1.68. The fourth-order valence-corrected chi connectivity index (χ4v) is 4.09. The van der Waals surface area contributed by atoms with E-state index >= 15 is 0 Å². The van der Waals surface area contributed by atoms with Crippen LogP contribution in [-0.4, -0.2) is 48.1 Å². The number of hydrogen-bond acceptors (Lipinski definition) is 4. The van der Waals surface area contributed by atoms with Gasteiger partial charge in [0.2, 0.25) is 0 Å². The number of carboxylic acid groups (broad SMARTS) is 1. The highest BCUT2D eigenvalue weighted by Gasteiger charge is 2.26. The molecule has 3 rings (SSSR count). The number of hydrogen-bond donors (Lipinski definition) is 2. The molecule has 2 aromatic carbocycles. The highest BCUT2D eigenvalue weighted by Crippen LogP contribution is 2.28. The van der Waals surface area contributed by atoms with E-state index in [2.05, 4.69) is 11.4 Å². The minimum absolute atomic E-state index is 0.0522. The molecule has 0 aliphatic heterocycles. The summed E-state index contributed by atoms with van der Waals surface area (Å²) in [5.74, 6) is 0.879. The van der Waals surface area contributed by atoms with Gasteiger partial charge in [0, 0.05) is 36.8 Å². The Kier molecular flexibility index (Phi) is 7.11. The molecule has 0 heterocycles. The van der Waals surface area contributed by atoms with E-state index in [1.165, 1.54) is 4.90 Å². The van der Waals surface area contributed by atoms with Gasteiger partial charge in [0.15, 0.2) is 5.78 Å². The Bertz CT molecular complexity index is 904. The number of nitrogens with one attached hydrogen (secondary N) is 1. The number of ether oxygens (including phenoxy) is 1. The SMILES string of the molecule is COc1ccc(-c2cccc(C(C)=O)c2)cc1CNC1CCC(N(C)C(=O)O)CC1. The number of carbonyl (C=O) groups excluding carboxylic acids is 1. The summed E-state index contributed by atoms with van der Waals surface area (Å²) in [7, 11) is 3.32. The largest absolute Gasteiger partial charge is 0.496 e. The zero-order chi connectivity index (χ0) is 21.7. The first-order chi connectivity index (χ1) is 14.4. The number of methoxy groups -OCH3 is 1. The van der Waals surface area contributed by atoms with Gasteiger partial charge in [-0.05, 0) is 61.9 Å². The Hall–Kier alpha value is -2.86. The summed E-state index contributed by atoms with van der Waals surface area (Å²) in [6.07, 6.45) is 2.78. The molecule has 1 aliphatic carbocycles. The Morgan fingerprint density at radius 1 is 1.10 bits per heavy atom. The van der Waals surface area contributed by atoms with Crippen LogP contribution in [0.4, 0.5) is 4.79 Å². The lowest BCUT2D eigenvalue weighted by Crippen LogP contribution is -2.42. The van der Waals surface area contributed by atoms with Crippen molar-refractivity contribution in [3.05, 3.63) is 53.6 Å². The van der Waals surface area contributed by atoms with Crippen molar-refractivity contribution in [2.24, 2.45) is 0 Å². The number of ketones is 1. The molecule has 0 bridgehead atoms. The molecule has 160 valence electrons. The first-order valence-corrected chi connectivity index (χ1v) is 10.4. The maximum atomic E-state index is 11.7. The van der Waals surface area contributed by atoms with E-state index in [0.717, 1.165) is 48.1 Å². The molecule has 2 N–H and O–H groups in total. The molecule has 6 heteroatoms. The van der Waals surface area contributed by atoms with Gasteiger partial charge in [0.25, 0.3) is 0 Å². The van der Waals surface area contributed by atoms with E-state index in [4.69, 9.17) is 9.84 Å². The van der Waals surface area contributed by atoms with Crippen molar-refractivity contribution in [2.45, 2.75) is 51.2 Å². The maximum Gasteiger partial charge on any atom is 0.407 e. The van der Waals surface area contributed by atoms with Gasteiger partial charge in [-0.3, -0.25) is 4.79 Å². The quantitative estimate of drug-likeness (QED) is 0.654. The second kappa shape index (κ2) is 9.76. The van der Waals surface area contributed by atoms with Gasteiger partial charge in [-0.1, -0.05) is 24.3 Å². The highest BCUT2D eigenvalue weighted by atomic mass is 16.5. The van der Waals surface area contributed by atoms with E-state index in [1.807, 2.05) is 36.4 Å². The van der Waals surface area contributed by atoms with Gasteiger partial charge in [-0.15, -0.1) is 0 Å². The van der Waals surface area contributed by atoms with E-state index in [-0.39, 0.29) is 11.8 Å².